The topological polar surface area (TPSA) is 51.0 Å². The van der Waals surface area contributed by atoms with E-state index in [1.807, 2.05) is 18.2 Å². The summed E-state index contributed by atoms with van der Waals surface area (Å²) in [5.74, 6) is 2.26. The lowest BCUT2D eigenvalue weighted by molar-refractivity contribution is 0.363. The van der Waals surface area contributed by atoms with Crippen LogP contribution in [0.15, 0.2) is 39.8 Å². The molecular weight excluding hydrogens is 282 g/mol. The van der Waals surface area contributed by atoms with Crippen LogP contribution in [0.25, 0.3) is 0 Å². The van der Waals surface area contributed by atoms with Crippen molar-refractivity contribution >= 4 is 11.8 Å². The van der Waals surface area contributed by atoms with Crippen LogP contribution in [0, 0.1) is 0 Å². The third-order valence-electron chi connectivity index (χ3n) is 3.16. The molecule has 0 aliphatic heterocycles. The molecule has 2 rings (SSSR count). The molecule has 0 fully saturated rings. The van der Waals surface area contributed by atoms with Crippen LogP contribution < -0.4 is 5.32 Å². The van der Waals surface area contributed by atoms with Crippen molar-refractivity contribution in [2.24, 2.45) is 0 Å². The zero-order valence-electron chi connectivity index (χ0n) is 12.7. The van der Waals surface area contributed by atoms with Crippen molar-refractivity contribution in [1.82, 2.24) is 15.5 Å². The monoisotopic (exact) mass is 305 g/mol. The normalized spacial score (nSPS) is 12.5. The van der Waals surface area contributed by atoms with Crippen molar-refractivity contribution in [2.45, 2.75) is 49.8 Å². The summed E-state index contributed by atoms with van der Waals surface area (Å²) in [5, 5.41) is 7.51. The van der Waals surface area contributed by atoms with Crippen LogP contribution >= 0.6 is 11.8 Å². The van der Waals surface area contributed by atoms with E-state index in [1.54, 1.807) is 11.8 Å². The summed E-state index contributed by atoms with van der Waals surface area (Å²) < 4.78 is 5.31. The predicted molar refractivity (Wildman–Crippen MR) is 86.4 cm³/mol. The average molecular weight is 305 g/mol. The molecule has 114 valence electrons. The highest BCUT2D eigenvalue weighted by Gasteiger charge is 2.09. The SMILES string of the molecule is CCCNC(C)CCc1nc(CSc2ccccc2)no1. The lowest BCUT2D eigenvalue weighted by atomic mass is 10.2. The number of thioether (sulfide) groups is 1. The van der Waals surface area contributed by atoms with Gasteiger partial charge in [0.2, 0.25) is 5.89 Å². The lowest BCUT2D eigenvalue weighted by Crippen LogP contribution is -2.27. The van der Waals surface area contributed by atoms with Gasteiger partial charge in [-0.05, 0) is 38.4 Å². The summed E-state index contributed by atoms with van der Waals surface area (Å²) in [6, 6.07) is 10.8. The molecule has 2 aromatic rings. The van der Waals surface area contributed by atoms with Gasteiger partial charge in [-0.2, -0.15) is 4.98 Å². The third-order valence-corrected chi connectivity index (χ3v) is 4.16. The first-order valence-corrected chi connectivity index (χ1v) is 8.49. The second kappa shape index (κ2) is 8.85. The summed E-state index contributed by atoms with van der Waals surface area (Å²) in [7, 11) is 0. The number of hydrogen-bond donors (Lipinski definition) is 1. The molecule has 0 aliphatic carbocycles. The smallest absolute Gasteiger partial charge is 0.226 e. The van der Waals surface area contributed by atoms with Crippen LogP contribution in [0.2, 0.25) is 0 Å². The average Bonchev–Trinajstić information content (AvgIpc) is 2.98. The van der Waals surface area contributed by atoms with Gasteiger partial charge in [0.1, 0.15) is 0 Å². The summed E-state index contributed by atoms with van der Waals surface area (Å²) in [4.78, 5) is 5.67. The van der Waals surface area contributed by atoms with Crippen LogP contribution in [0.5, 0.6) is 0 Å². The maximum atomic E-state index is 5.31. The summed E-state index contributed by atoms with van der Waals surface area (Å²) in [6.07, 6.45) is 3.01. The molecule has 1 heterocycles. The van der Waals surface area contributed by atoms with Gasteiger partial charge in [-0.3, -0.25) is 0 Å². The second-order valence-corrected chi connectivity index (χ2v) is 6.15. The molecule has 0 bridgehead atoms. The second-order valence-electron chi connectivity index (χ2n) is 5.10. The largest absolute Gasteiger partial charge is 0.339 e. The Morgan fingerprint density at radius 2 is 2.10 bits per heavy atom. The minimum atomic E-state index is 0.485. The molecule has 5 heteroatoms. The number of benzene rings is 1. The maximum Gasteiger partial charge on any atom is 0.226 e. The fourth-order valence-electron chi connectivity index (χ4n) is 1.95. The number of nitrogens with zero attached hydrogens (tertiary/aromatic N) is 2. The Morgan fingerprint density at radius 3 is 2.86 bits per heavy atom. The van der Waals surface area contributed by atoms with E-state index in [0.717, 1.165) is 43.3 Å². The minimum Gasteiger partial charge on any atom is -0.339 e. The van der Waals surface area contributed by atoms with E-state index in [0.29, 0.717) is 6.04 Å². The minimum absolute atomic E-state index is 0.485. The molecule has 0 aliphatic rings. The molecule has 0 amide bonds. The summed E-state index contributed by atoms with van der Waals surface area (Å²) in [6.45, 7) is 5.43. The van der Waals surface area contributed by atoms with Crippen molar-refractivity contribution < 1.29 is 4.52 Å². The summed E-state index contributed by atoms with van der Waals surface area (Å²) >= 11 is 1.72. The number of rotatable bonds is 9. The van der Waals surface area contributed by atoms with Crippen molar-refractivity contribution in [3.63, 3.8) is 0 Å². The maximum absolute atomic E-state index is 5.31. The van der Waals surface area contributed by atoms with Crippen LogP contribution in [0.3, 0.4) is 0 Å². The Kier molecular flexibility index (Phi) is 6.76. The van der Waals surface area contributed by atoms with E-state index in [1.165, 1.54) is 4.90 Å². The standard InChI is InChI=1S/C16H23N3OS/c1-3-11-17-13(2)9-10-16-18-15(19-20-16)12-21-14-7-5-4-6-8-14/h4-8,13,17H,3,9-12H2,1-2H3. The molecule has 0 spiro atoms. The highest BCUT2D eigenvalue weighted by molar-refractivity contribution is 7.98. The molecule has 0 radical (unpaired) electrons. The van der Waals surface area contributed by atoms with Gasteiger partial charge < -0.3 is 9.84 Å². The number of aryl methyl sites for hydroxylation is 1. The van der Waals surface area contributed by atoms with E-state index in [-0.39, 0.29) is 0 Å². The molecule has 4 nitrogen and oxygen atoms in total. The third kappa shape index (κ3) is 5.89. The van der Waals surface area contributed by atoms with Crippen molar-refractivity contribution in [1.29, 1.82) is 0 Å². The number of nitrogens with one attached hydrogen (secondary N) is 1. The van der Waals surface area contributed by atoms with Crippen molar-refractivity contribution in [2.75, 3.05) is 6.54 Å². The lowest BCUT2D eigenvalue weighted by Gasteiger charge is -2.10. The van der Waals surface area contributed by atoms with Gasteiger partial charge in [-0.15, -0.1) is 11.8 Å². The van der Waals surface area contributed by atoms with Crippen LogP contribution in [-0.4, -0.2) is 22.7 Å². The van der Waals surface area contributed by atoms with Gasteiger partial charge in [0.25, 0.3) is 0 Å². The Balaban J connectivity index is 1.73. The first-order valence-electron chi connectivity index (χ1n) is 7.50. The highest BCUT2D eigenvalue weighted by atomic mass is 32.2. The molecule has 21 heavy (non-hydrogen) atoms. The van der Waals surface area contributed by atoms with Crippen LogP contribution in [-0.2, 0) is 12.2 Å². The van der Waals surface area contributed by atoms with E-state index < -0.39 is 0 Å². The Labute approximate surface area is 130 Å². The van der Waals surface area contributed by atoms with E-state index in [2.05, 4.69) is 41.4 Å². The Hall–Kier alpha value is -1.33. The van der Waals surface area contributed by atoms with Gasteiger partial charge in [0.15, 0.2) is 5.82 Å². The van der Waals surface area contributed by atoms with Gasteiger partial charge in [0, 0.05) is 17.4 Å². The molecule has 1 aromatic carbocycles. The first-order chi connectivity index (χ1) is 10.3. The molecular formula is C16H23N3OS. The van der Waals surface area contributed by atoms with Gasteiger partial charge in [-0.25, -0.2) is 0 Å². The van der Waals surface area contributed by atoms with Gasteiger partial charge >= 0.3 is 0 Å². The molecule has 0 saturated heterocycles. The van der Waals surface area contributed by atoms with Gasteiger partial charge in [0.05, 0.1) is 5.75 Å². The quantitative estimate of drug-likeness (QED) is 0.716. The molecule has 1 unspecified atom stereocenters. The number of hydrogen-bond acceptors (Lipinski definition) is 5. The van der Waals surface area contributed by atoms with Crippen LogP contribution in [0.4, 0.5) is 0 Å². The number of aromatic nitrogens is 2. The molecule has 1 aromatic heterocycles. The fraction of sp³-hybridized carbons (Fsp3) is 0.500. The van der Waals surface area contributed by atoms with Gasteiger partial charge in [-0.1, -0.05) is 30.3 Å². The predicted octanol–water partition coefficient (Wildman–Crippen LogP) is 3.68. The van der Waals surface area contributed by atoms with E-state index >= 15 is 0 Å². The van der Waals surface area contributed by atoms with E-state index in [4.69, 9.17) is 4.52 Å². The van der Waals surface area contributed by atoms with E-state index in [9.17, 15) is 0 Å². The highest BCUT2D eigenvalue weighted by Crippen LogP contribution is 2.20. The first kappa shape index (κ1) is 16.0. The van der Waals surface area contributed by atoms with Crippen molar-refractivity contribution in [3.8, 4) is 0 Å². The molecule has 1 N–H and O–H groups in total. The molecule has 0 saturated carbocycles. The molecule has 1 atom stereocenters. The zero-order chi connectivity index (χ0) is 14.9. The summed E-state index contributed by atoms with van der Waals surface area (Å²) in [5.41, 5.74) is 0. The Bertz CT molecular complexity index is 515. The van der Waals surface area contributed by atoms with Crippen molar-refractivity contribution in [3.05, 3.63) is 42.0 Å². The zero-order valence-corrected chi connectivity index (χ0v) is 13.5. The van der Waals surface area contributed by atoms with Crippen LogP contribution in [0.1, 0.15) is 38.4 Å². The fourth-order valence-corrected chi connectivity index (χ4v) is 2.71. The Morgan fingerprint density at radius 1 is 1.29 bits per heavy atom.